The molecular formula is C24H24ClNO2. The molecule has 0 spiro atoms. The lowest BCUT2D eigenvalue weighted by molar-refractivity contribution is -0.121. The molecule has 144 valence electrons. The number of Topliss-reactive ketones (excluding diaryl/α,β-unsaturated/α-hetero) is 1. The van der Waals surface area contributed by atoms with E-state index in [0.29, 0.717) is 17.9 Å². The van der Waals surface area contributed by atoms with E-state index in [0.717, 1.165) is 28.1 Å². The summed E-state index contributed by atoms with van der Waals surface area (Å²) >= 11 is 6.20. The first-order valence-corrected chi connectivity index (χ1v) is 10.0. The Labute approximate surface area is 171 Å². The van der Waals surface area contributed by atoms with Crippen molar-refractivity contribution in [2.75, 3.05) is 4.90 Å². The van der Waals surface area contributed by atoms with E-state index in [4.69, 9.17) is 11.6 Å². The number of hydrogen-bond donors (Lipinski definition) is 0. The Morgan fingerprint density at radius 1 is 1.04 bits per heavy atom. The van der Waals surface area contributed by atoms with Crippen LogP contribution in [-0.2, 0) is 9.59 Å². The van der Waals surface area contributed by atoms with Gasteiger partial charge in [-0.3, -0.25) is 14.5 Å². The summed E-state index contributed by atoms with van der Waals surface area (Å²) in [5.74, 6) is -0.0629. The molecule has 2 aromatic carbocycles. The van der Waals surface area contributed by atoms with Crippen molar-refractivity contribution in [3.8, 4) is 0 Å². The van der Waals surface area contributed by atoms with Crippen molar-refractivity contribution < 1.29 is 9.59 Å². The molecule has 28 heavy (non-hydrogen) atoms. The van der Waals surface area contributed by atoms with E-state index >= 15 is 0 Å². The molecule has 1 aliphatic carbocycles. The van der Waals surface area contributed by atoms with Crippen molar-refractivity contribution in [3.05, 3.63) is 76.0 Å². The van der Waals surface area contributed by atoms with Crippen molar-refractivity contribution in [2.24, 2.45) is 5.41 Å². The number of halogens is 1. The van der Waals surface area contributed by atoms with E-state index in [1.807, 2.05) is 55.5 Å². The summed E-state index contributed by atoms with van der Waals surface area (Å²) < 4.78 is 0. The molecule has 0 radical (unpaired) electrons. The zero-order valence-corrected chi connectivity index (χ0v) is 17.2. The molecule has 2 aliphatic rings. The van der Waals surface area contributed by atoms with Gasteiger partial charge in [-0.05, 0) is 54.2 Å². The molecule has 2 aromatic rings. The Morgan fingerprint density at radius 2 is 1.79 bits per heavy atom. The van der Waals surface area contributed by atoms with Gasteiger partial charge in [0.15, 0.2) is 5.78 Å². The first-order chi connectivity index (χ1) is 13.2. The van der Waals surface area contributed by atoms with Crippen LogP contribution in [0.5, 0.6) is 0 Å². The fraction of sp³-hybridized carbons (Fsp3) is 0.333. The van der Waals surface area contributed by atoms with Crippen LogP contribution in [-0.4, -0.2) is 11.7 Å². The number of benzene rings is 2. The Morgan fingerprint density at radius 3 is 2.50 bits per heavy atom. The monoisotopic (exact) mass is 393 g/mol. The van der Waals surface area contributed by atoms with Crippen LogP contribution >= 0.6 is 11.6 Å². The van der Waals surface area contributed by atoms with Crippen LogP contribution in [0.4, 0.5) is 5.69 Å². The SMILES string of the molecule is Cc1cccc(N2C(=O)CC(c3cccc(Cl)c3)C3=C2CC(C)(C)CC3=O)c1. The fourth-order valence-corrected chi connectivity index (χ4v) is 4.69. The van der Waals surface area contributed by atoms with Gasteiger partial charge < -0.3 is 0 Å². The standard InChI is InChI=1S/C24H24ClNO2/c1-15-6-4-9-18(10-15)26-20-13-24(2,3)14-21(27)23(20)19(12-22(26)28)16-7-5-8-17(25)11-16/h4-11,19H,12-14H2,1-3H3. The van der Waals surface area contributed by atoms with E-state index in [2.05, 4.69) is 13.8 Å². The van der Waals surface area contributed by atoms with E-state index in [1.54, 1.807) is 4.90 Å². The lowest BCUT2D eigenvalue weighted by atomic mass is 9.69. The Balaban J connectivity index is 1.91. The number of ketones is 1. The Kier molecular flexibility index (Phi) is 4.67. The number of amides is 1. The van der Waals surface area contributed by atoms with Gasteiger partial charge in [-0.25, -0.2) is 0 Å². The normalized spacial score (nSPS) is 21.7. The maximum absolute atomic E-state index is 13.3. The highest BCUT2D eigenvalue weighted by Gasteiger charge is 2.44. The van der Waals surface area contributed by atoms with Gasteiger partial charge >= 0.3 is 0 Å². The lowest BCUT2D eigenvalue weighted by Crippen LogP contribution is -2.43. The smallest absolute Gasteiger partial charge is 0.232 e. The van der Waals surface area contributed by atoms with Gasteiger partial charge in [-0.1, -0.05) is 49.7 Å². The highest BCUT2D eigenvalue weighted by Crippen LogP contribution is 2.48. The molecule has 4 rings (SSSR count). The number of nitrogens with zero attached hydrogens (tertiary/aromatic N) is 1. The molecule has 0 saturated carbocycles. The van der Waals surface area contributed by atoms with Crippen LogP contribution in [0.1, 0.15) is 50.2 Å². The van der Waals surface area contributed by atoms with Gasteiger partial charge in [0.1, 0.15) is 0 Å². The number of allylic oxidation sites excluding steroid dienone is 2. The molecule has 1 atom stereocenters. The van der Waals surface area contributed by atoms with Crippen LogP contribution in [0.15, 0.2) is 59.8 Å². The van der Waals surface area contributed by atoms with Gasteiger partial charge in [-0.2, -0.15) is 0 Å². The first kappa shape index (κ1) is 18.9. The predicted molar refractivity (Wildman–Crippen MR) is 113 cm³/mol. The summed E-state index contributed by atoms with van der Waals surface area (Å²) in [5.41, 5.74) is 4.33. The third-order valence-electron chi connectivity index (χ3n) is 5.65. The molecule has 1 amide bonds. The van der Waals surface area contributed by atoms with Crippen molar-refractivity contribution in [1.29, 1.82) is 0 Å². The summed E-state index contributed by atoms with van der Waals surface area (Å²) in [6.45, 7) is 6.20. The summed E-state index contributed by atoms with van der Waals surface area (Å²) in [4.78, 5) is 28.3. The quantitative estimate of drug-likeness (QED) is 0.645. The Bertz CT molecular complexity index is 1010. The molecule has 4 heteroatoms. The molecule has 1 heterocycles. The average molecular weight is 394 g/mol. The summed E-state index contributed by atoms with van der Waals surface area (Å²) in [7, 11) is 0. The molecule has 3 nitrogen and oxygen atoms in total. The van der Waals surface area contributed by atoms with Gasteiger partial charge in [0.2, 0.25) is 5.91 Å². The zero-order valence-electron chi connectivity index (χ0n) is 16.5. The molecule has 0 aromatic heterocycles. The van der Waals surface area contributed by atoms with Crippen LogP contribution in [0.25, 0.3) is 0 Å². The number of hydrogen-bond acceptors (Lipinski definition) is 2. The first-order valence-electron chi connectivity index (χ1n) is 9.66. The van der Waals surface area contributed by atoms with Gasteiger partial charge in [-0.15, -0.1) is 0 Å². The lowest BCUT2D eigenvalue weighted by Gasteiger charge is -2.43. The third-order valence-corrected chi connectivity index (χ3v) is 5.89. The number of anilines is 1. The third kappa shape index (κ3) is 3.40. The molecule has 1 aliphatic heterocycles. The molecule has 1 unspecified atom stereocenters. The molecular weight excluding hydrogens is 370 g/mol. The van der Waals surface area contributed by atoms with E-state index in [1.165, 1.54) is 0 Å². The molecule has 0 saturated heterocycles. The minimum Gasteiger partial charge on any atom is -0.294 e. The molecule has 0 N–H and O–H groups in total. The summed E-state index contributed by atoms with van der Waals surface area (Å²) in [6, 6.07) is 15.5. The Hall–Kier alpha value is -2.39. The van der Waals surface area contributed by atoms with Gasteiger partial charge in [0, 0.05) is 40.7 Å². The van der Waals surface area contributed by atoms with E-state index < -0.39 is 0 Å². The van der Waals surface area contributed by atoms with E-state index in [-0.39, 0.29) is 29.4 Å². The van der Waals surface area contributed by atoms with Crippen molar-refractivity contribution >= 4 is 29.0 Å². The minimum absolute atomic E-state index is 0.0276. The van der Waals surface area contributed by atoms with Crippen LogP contribution < -0.4 is 4.90 Å². The minimum atomic E-state index is -0.231. The highest BCUT2D eigenvalue weighted by molar-refractivity contribution is 6.30. The number of aryl methyl sites for hydroxylation is 1. The van der Waals surface area contributed by atoms with Crippen molar-refractivity contribution in [3.63, 3.8) is 0 Å². The van der Waals surface area contributed by atoms with Crippen molar-refractivity contribution in [1.82, 2.24) is 0 Å². The van der Waals surface area contributed by atoms with Crippen LogP contribution in [0.2, 0.25) is 5.02 Å². The molecule has 0 fully saturated rings. The second kappa shape index (κ2) is 6.89. The maximum atomic E-state index is 13.3. The average Bonchev–Trinajstić information content (AvgIpc) is 2.59. The summed E-state index contributed by atoms with van der Waals surface area (Å²) in [5, 5.41) is 0.622. The predicted octanol–water partition coefficient (Wildman–Crippen LogP) is 5.81. The second-order valence-corrected chi connectivity index (χ2v) is 9.12. The topological polar surface area (TPSA) is 37.4 Å². The highest BCUT2D eigenvalue weighted by atomic mass is 35.5. The van der Waals surface area contributed by atoms with Crippen LogP contribution in [0, 0.1) is 12.3 Å². The zero-order chi connectivity index (χ0) is 20.1. The van der Waals surface area contributed by atoms with Crippen LogP contribution in [0.3, 0.4) is 0 Å². The van der Waals surface area contributed by atoms with Gasteiger partial charge in [0.05, 0.1) is 0 Å². The van der Waals surface area contributed by atoms with Gasteiger partial charge in [0.25, 0.3) is 0 Å². The summed E-state index contributed by atoms with van der Waals surface area (Å²) in [6.07, 6.45) is 1.48. The second-order valence-electron chi connectivity index (χ2n) is 8.68. The van der Waals surface area contributed by atoms with E-state index in [9.17, 15) is 9.59 Å². The number of carbonyl (C=O) groups excluding carboxylic acids is 2. The molecule has 0 bridgehead atoms. The largest absolute Gasteiger partial charge is 0.294 e. The maximum Gasteiger partial charge on any atom is 0.232 e. The number of carbonyl (C=O) groups is 2. The number of rotatable bonds is 2. The fourth-order valence-electron chi connectivity index (χ4n) is 4.49. The van der Waals surface area contributed by atoms with Crippen molar-refractivity contribution in [2.45, 2.75) is 46.0 Å².